The number of hydrogen-bond donors (Lipinski definition) is 1. The van der Waals surface area contributed by atoms with Gasteiger partial charge in [0, 0.05) is 22.6 Å². The van der Waals surface area contributed by atoms with Crippen molar-refractivity contribution < 1.29 is 0 Å². The molecule has 2 heteroatoms. The summed E-state index contributed by atoms with van der Waals surface area (Å²) in [6.45, 7) is 0. The molecule has 0 aromatic rings. The van der Waals surface area contributed by atoms with E-state index in [-0.39, 0.29) is 0 Å². The van der Waals surface area contributed by atoms with Crippen molar-refractivity contribution in [1.29, 1.82) is 0 Å². The van der Waals surface area contributed by atoms with Crippen LogP contribution in [0.3, 0.4) is 0 Å². The summed E-state index contributed by atoms with van der Waals surface area (Å²) in [7, 11) is 0. The molecule has 3 rings (SSSR count). The van der Waals surface area contributed by atoms with Gasteiger partial charge in [0.25, 0.3) is 0 Å². The maximum absolute atomic E-state index is 4.11. The largest absolute Gasteiger partial charge is 0.311 e. The molecule has 1 saturated heterocycles. The molecule has 21 heavy (non-hydrogen) atoms. The van der Waals surface area contributed by atoms with Gasteiger partial charge in [-0.3, -0.25) is 0 Å². The highest BCUT2D eigenvalue weighted by Crippen LogP contribution is 2.36. The van der Waals surface area contributed by atoms with Gasteiger partial charge in [0.2, 0.25) is 0 Å². The molecule has 0 radical (unpaired) electrons. The average molecular weight is 310 g/mol. The van der Waals surface area contributed by atoms with Crippen LogP contribution in [0.25, 0.3) is 0 Å². The first kappa shape index (κ1) is 16.2. The summed E-state index contributed by atoms with van der Waals surface area (Å²) in [5, 5.41) is 6.03. The highest BCUT2D eigenvalue weighted by atomic mass is 32.2. The molecular weight excluding hydrogens is 274 g/mol. The Bertz CT molecular complexity index is 265. The highest BCUT2D eigenvalue weighted by molar-refractivity contribution is 8.00. The van der Waals surface area contributed by atoms with Crippen molar-refractivity contribution in [3.8, 4) is 0 Å². The molecule has 0 amide bonds. The van der Waals surface area contributed by atoms with Crippen LogP contribution in [-0.2, 0) is 0 Å². The van der Waals surface area contributed by atoms with Gasteiger partial charge in [-0.05, 0) is 44.9 Å². The molecule has 0 aromatic heterocycles. The third kappa shape index (κ3) is 5.46. The fourth-order valence-electron chi connectivity index (χ4n) is 4.64. The van der Waals surface area contributed by atoms with E-state index >= 15 is 0 Å². The zero-order valence-electron chi connectivity index (χ0n) is 13.8. The Labute approximate surface area is 136 Å². The molecule has 122 valence electrons. The Morgan fingerprint density at radius 2 is 1.14 bits per heavy atom. The number of fused-ring (bicyclic) bond motifs is 5. The minimum atomic E-state index is 0.824. The number of hydrogen-bond acceptors (Lipinski definition) is 2. The van der Waals surface area contributed by atoms with Gasteiger partial charge in [-0.25, -0.2) is 0 Å². The van der Waals surface area contributed by atoms with Crippen LogP contribution in [0.2, 0.25) is 0 Å². The molecule has 2 saturated carbocycles. The van der Waals surface area contributed by atoms with E-state index in [1.54, 1.807) is 0 Å². The predicted molar refractivity (Wildman–Crippen MR) is 95.1 cm³/mol. The summed E-state index contributed by atoms with van der Waals surface area (Å²) in [4.78, 5) is 0. The van der Waals surface area contributed by atoms with Crippen LogP contribution in [0.15, 0.2) is 0 Å². The van der Waals surface area contributed by atoms with Gasteiger partial charge in [0.15, 0.2) is 0 Å². The quantitative estimate of drug-likeness (QED) is 0.618. The first-order valence-electron chi connectivity index (χ1n) is 9.81. The molecule has 3 fully saturated rings. The van der Waals surface area contributed by atoms with E-state index in [1.807, 2.05) is 0 Å². The van der Waals surface area contributed by atoms with E-state index in [0.717, 1.165) is 22.6 Å². The molecule has 1 heterocycles. The van der Waals surface area contributed by atoms with E-state index < -0.39 is 0 Å². The van der Waals surface area contributed by atoms with Crippen LogP contribution in [-0.4, -0.2) is 22.6 Å². The molecule has 2 aliphatic carbocycles. The second-order valence-electron chi connectivity index (χ2n) is 7.74. The molecule has 1 N–H and O–H groups in total. The van der Waals surface area contributed by atoms with Crippen molar-refractivity contribution in [2.45, 2.75) is 119 Å². The van der Waals surface area contributed by atoms with Crippen LogP contribution in [0.1, 0.15) is 96.3 Å². The molecule has 3 aliphatic rings. The average Bonchev–Trinajstić information content (AvgIpc) is 2.65. The summed E-state index contributed by atoms with van der Waals surface area (Å²) in [6.07, 6.45) is 22.1. The summed E-state index contributed by atoms with van der Waals surface area (Å²) < 4.78 is 0. The molecular formula is C19H35NS. The lowest BCUT2D eigenvalue weighted by Gasteiger charge is -2.26. The lowest BCUT2D eigenvalue weighted by molar-refractivity contribution is 0.339. The maximum atomic E-state index is 4.11. The SMILES string of the molecule is C1CCCC2CCC(CC1)NC1CCCCCCC(C1)S2. The van der Waals surface area contributed by atoms with Gasteiger partial charge in [0.05, 0.1) is 0 Å². The van der Waals surface area contributed by atoms with Gasteiger partial charge in [-0.2, -0.15) is 11.8 Å². The molecule has 1 aliphatic heterocycles. The highest BCUT2D eigenvalue weighted by Gasteiger charge is 2.27. The minimum absolute atomic E-state index is 0.824. The summed E-state index contributed by atoms with van der Waals surface area (Å²) in [6, 6.07) is 1.65. The molecule has 0 spiro atoms. The fourth-order valence-corrected chi connectivity index (χ4v) is 6.41. The van der Waals surface area contributed by atoms with Gasteiger partial charge in [0.1, 0.15) is 0 Å². The van der Waals surface area contributed by atoms with Crippen LogP contribution in [0, 0.1) is 0 Å². The standard InChI is InChI=1S/C19H35NS/c1-3-7-11-18-14-13-16(9-5-1)20-17-10-6-2-4-8-12-19(15-17)21-18/h16-20H,1-15H2. The van der Waals surface area contributed by atoms with Crippen molar-refractivity contribution in [2.24, 2.45) is 0 Å². The Morgan fingerprint density at radius 3 is 1.90 bits per heavy atom. The Balaban J connectivity index is 1.71. The molecule has 4 bridgehead atoms. The smallest absolute Gasteiger partial charge is 0.00801 e. The van der Waals surface area contributed by atoms with Gasteiger partial charge < -0.3 is 5.32 Å². The zero-order chi connectivity index (χ0) is 14.3. The zero-order valence-corrected chi connectivity index (χ0v) is 14.6. The van der Waals surface area contributed by atoms with Gasteiger partial charge in [-0.15, -0.1) is 0 Å². The lowest BCUT2D eigenvalue weighted by atomic mass is 9.95. The monoisotopic (exact) mass is 309 g/mol. The Hall–Kier alpha value is 0.310. The molecule has 4 unspecified atom stereocenters. The first-order chi connectivity index (χ1) is 10.4. The van der Waals surface area contributed by atoms with E-state index in [2.05, 4.69) is 17.1 Å². The normalized spacial score (nSPS) is 40.0. The third-order valence-corrected chi connectivity index (χ3v) is 7.57. The van der Waals surface area contributed by atoms with E-state index in [0.29, 0.717) is 0 Å². The maximum Gasteiger partial charge on any atom is 0.00801 e. The van der Waals surface area contributed by atoms with Crippen LogP contribution in [0.5, 0.6) is 0 Å². The van der Waals surface area contributed by atoms with Crippen molar-refractivity contribution in [1.82, 2.24) is 5.32 Å². The Morgan fingerprint density at radius 1 is 0.524 bits per heavy atom. The third-order valence-electron chi connectivity index (χ3n) is 5.90. The molecule has 4 atom stereocenters. The van der Waals surface area contributed by atoms with Gasteiger partial charge in [-0.1, -0.05) is 51.4 Å². The number of thioether (sulfide) groups is 1. The molecule has 1 nitrogen and oxygen atoms in total. The van der Waals surface area contributed by atoms with Crippen LogP contribution in [0.4, 0.5) is 0 Å². The van der Waals surface area contributed by atoms with Gasteiger partial charge >= 0.3 is 0 Å². The van der Waals surface area contributed by atoms with E-state index in [4.69, 9.17) is 0 Å². The Kier molecular flexibility index (Phi) is 6.79. The van der Waals surface area contributed by atoms with Crippen molar-refractivity contribution in [2.75, 3.05) is 0 Å². The van der Waals surface area contributed by atoms with Crippen molar-refractivity contribution in [3.05, 3.63) is 0 Å². The second-order valence-corrected chi connectivity index (χ2v) is 9.34. The van der Waals surface area contributed by atoms with Crippen molar-refractivity contribution >= 4 is 11.8 Å². The van der Waals surface area contributed by atoms with Crippen LogP contribution >= 0.6 is 11.8 Å². The van der Waals surface area contributed by atoms with Crippen molar-refractivity contribution in [3.63, 3.8) is 0 Å². The van der Waals surface area contributed by atoms with Crippen LogP contribution < -0.4 is 5.32 Å². The summed E-state index contributed by atoms with van der Waals surface area (Å²) >= 11 is 2.40. The molecule has 0 aromatic carbocycles. The summed E-state index contributed by atoms with van der Waals surface area (Å²) in [5.41, 5.74) is 0. The number of nitrogens with one attached hydrogen (secondary N) is 1. The lowest BCUT2D eigenvalue weighted by Crippen LogP contribution is -2.39. The van der Waals surface area contributed by atoms with E-state index in [9.17, 15) is 0 Å². The fraction of sp³-hybridized carbons (Fsp3) is 1.00. The number of rotatable bonds is 0. The topological polar surface area (TPSA) is 12.0 Å². The minimum Gasteiger partial charge on any atom is -0.311 e. The van der Waals surface area contributed by atoms with E-state index in [1.165, 1.54) is 96.3 Å². The summed E-state index contributed by atoms with van der Waals surface area (Å²) in [5.74, 6) is 0. The first-order valence-corrected chi connectivity index (χ1v) is 10.8. The second kappa shape index (κ2) is 8.82. The predicted octanol–water partition coefficient (Wildman–Crippen LogP) is 5.68.